The minimum atomic E-state index is -3.37. The van der Waals surface area contributed by atoms with Crippen molar-refractivity contribution in [3.05, 3.63) is 0 Å². The Morgan fingerprint density at radius 3 is 2.77 bits per heavy atom. The van der Waals surface area contributed by atoms with Crippen molar-refractivity contribution < 1.29 is 8.42 Å². The van der Waals surface area contributed by atoms with Crippen molar-refractivity contribution in [3.8, 4) is 0 Å². The molecule has 4 nitrogen and oxygen atoms in total. The molecule has 0 unspecified atom stereocenters. The van der Waals surface area contributed by atoms with Gasteiger partial charge in [0, 0.05) is 30.2 Å². The lowest BCUT2D eigenvalue weighted by Gasteiger charge is -2.12. The van der Waals surface area contributed by atoms with E-state index in [2.05, 4.69) is 10.3 Å². The van der Waals surface area contributed by atoms with Crippen LogP contribution in [0.1, 0.15) is 19.3 Å². The summed E-state index contributed by atoms with van der Waals surface area (Å²) in [6.45, 7) is 1.20. The van der Waals surface area contributed by atoms with Crippen molar-refractivity contribution in [1.82, 2.24) is 5.32 Å². The van der Waals surface area contributed by atoms with E-state index in [1.807, 2.05) is 0 Å². The molecule has 0 fully saturated rings. The molecule has 1 rings (SSSR count). The molecule has 0 amide bonds. The van der Waals surface area contributed by atoms with Crippen LogP contribution in [0.3, 0.4) is 0 Å². The van der Waals surface area contributed by atoms with Crippen LogP contribution in [0.5, 0.6) is 0 Å². The Hall–Kier alpha value is -0.290. The number of hydrogen-bond acceptors (Lipinski definition) is 4. The fourth-order valence-corrected chi connectivity index (χ4v) is 1.74. The van der Waals surface area contributed by atoms with Crippen LogP contribution in [0.2, 0.25) is 0 Å². The van der Waals surface area contributed by atoms with Crippen LogP contribution in [-0.2, 0) is 9.05 Å². The fourth-order valence-electron chi connectivity index (χ4n) is 1.16. The molecule has 0 aromatic carbocycles. The smallest absolute Gasteiger partial charge is 0.234 e. The van der Waals surface area contributed by atoms with Gasteiger partial charge in [0.25, 0.3) is 0 Å². The van der Waals surface area contributed by atoms with Crippen LogP contribution >= 0.6 is 10.7 Å². The summed E-state index contributed by atoms with van der Waals surface area (Å²) < 4.78 is 21.1. The highest BCUT2D eigenvalue weighted by atomic mass is 35.7. The highest BCUT2D eigenvalue weighted by molar-refractivity contribution is 8.13. The summed E-state index contributed by atoms with van der Waals surface area (Å²) in [7, 11) is 1.67. The normalized spacial score (nSPS) is 18.1. The number of halogens is 1. The third kappa shape index (κ3) is 5.10. The van der Waals surface area contributed by atoms with Gasteiger partial charge in [-0.05, 0) is 12.8 Å². The van der Waals surface area contributed by atoms with Crippen molar-refractivity contribution in [1.29, 1.82) is 0 Å². The molecule has 1 heterocycles. The Kier molecular flexibility index (Phi) is 3.99. The minimum absolute atomic E-state index is 0.0480. The monoisotopic (exact) mass is 224 g/mol. The zero-order valence-electron chi connectivity index (χ0n) is 7.29. The average molecular weight is 225 g/mol. The van der Waals surface area contributed by atoms with Gasteiger partial charge in [-0.3, -0.25) is 4.99 Å². The number of amidine groups is 1. The number of rotatable bonds is 3. The summed E-state index contributed by atoms with van der Waals surface area (Å²) in [6, 6.07) is 0. The number of aliphatic imine (C=N–C) groups is 1. The first-order chi connectivity index (χ1) is 6.08. The SMILES string of the molecule is O=S(=O)(Cl)CCNC1=NCCCC1. The fraction of sp³-hybridized carbons (Fsp3) is 0.857. The van der Waals surface area contributed by atoms with Gasteiger partial charge in [0.05, 0.1) is 11.6 Å². The number of nitrogens with zero attached hydrogens (tertiary/aromatic N) is 1. The molecule has 0 bridgehead atoms. The van der Waals surface area contributed by atoms with Crippen molar-refractivity contribution in [3.63, 3.8) is 0 Å². The highest BCUT2D eigenvalue weighted by Gasteiger charge is 2.07. The lowest BCUT2D eigenvalue weighted by molar-refractivity contribution is 0.608. The molecule has 1 aliphatic heterocycles. The first-order valence-electron chi connectivity index (χ1n) is 4.27. The van der Waals surface area contributed by atoms with Gasteiger partial charge in [-0.15, -0.1) is 0 Å². The summed E-state index contributed by atoms with van der Waals surface area (Å²) in [5.41, 5.74) is 0. The van der Waals surface area contributed by atoms with Gasteiger partial charge in [0.15, 0.2) is 0 Å². The van der Waals surface area contributed by atoms with Gasteiger partial charge >= 0.3 is 0 Å². The van der Waals surface area contributed by atoms with Crippen LogP contribution in [0, 0.1) is 0 Å². The molecule has 6 heteroatoms. The van der Waals surface area contributed by atoms with Crippen LogP contribution in [0.15, 0.2) is 4.99 Å². The van der Waals surface area contributed by atoms with Crippen molar-refractivity contribution in [2.75, 3.05) is 18.8 Å². The molecule has 76 valence electrons. The molecule has 0 aromatic heterocycles. The lowest BCUT2D eigenvalue weighted by atomic mass is 10.2. The van der Waals surface area contributed by atoms with E-state index >= 15 is 0 Å². The van der Waals surface area contributed by atoms with Crippen molar-refractivity contribution >= 4 is 25.6 Å². The predicted molar refractivity (Wildman–Crippen MR) is 53.8 cm³/mol. The average Bonchev–Trinajstić information content (AvgIpc) is 2.04. The molecular weight excluding hydrogens is 212 g/mol. The van der Waals surface area contributed by atoms with Gasteiger partial charge < -0.3 is 5.32 Å². The summed E-state index contributed by atoms with van der Waals surface area (Å²) in [5, 5.41) is 2.96. The second kappa shape index (κ2) is 4.81. The van der Waals surface area contributed by atoms with E-state index < -0.39 is 9.05 Å². The van der Waals surface area contributed by atoms with Gasteiger partial charge in [0.1, 0.15) is 0 Å². The summed E-state index contributed by atoms with van der Waals surface area (Å²) in [5.74, 6) is 0.861. The quantitative estimate of drug-likeness (QED) is 0.719. The molecule has 0 aliphatic carbocycles. The molecule has 0 radical (unpaired) electrons. The Morgan fingerprint density at radius 1 is 1.46 bits per heavy atom. The lowest BCUT2D eigenvalue weighted by Crippen LogP contribution is -2.29. The standard InChI is InChI=1S/C7H13ClN2O2S/c8-13(11,12)6-5-10-7-3-1-2-4-9-7/h1-6H2,(H,9,10). The molecule has 0 saturated carbocycles. The highest BCUT2D eigenvalue weighted by Crippen LogP contribution is 2.03. The van der Waals surface area contributed by atoms with E-state index in [4.69, 9.17) is 10.7 Å². The van der Waals surface area contributed by atoms with E-state index in [9.17, 15) is 8.42 Å². The first-order valence-corrected chi connectivity index (χ1v) is 6.75. The molecule has 0 spiro atoms. The maximum Gasteiger partial charge on any atom is 0.234 e. The summed E-state index contributed by atoms with van der Waals surface area (Å²) in [6.07, 6.45) is 3.17. The van der Waals surface area contributed by atoms with Crippen molar-refractivity contribution in [2.24, 2.45) is 4.99 Å². The second-order valence-electron chi connectivity index (χ2n) is 2.96. The molecule has 1 aliphatic rings. The van der Waals surface area contributed by atoms with Gasteiger partial charge in [0.2, 0.25) is 9.05 Å². The molecule has 13 heavy (non-hydrogen) atoms. The van der Waals surface area contributed by atoms with Crippen LogP contribution in [0.25, 0.3) is 0 Å². The van der Waals surface area contributed by atoms with Gasteiger partial charge in [-0.1, -0.05) is 0 Å². The van der Waals surface area contributed by atoms with E-state index in [0.29, 0.717) is 6.54 Å². The topological polar surface area (TPSA) is 58.5 Å². The Labute approximate surface area is 82.8 Å². The second-order valence-corrected chi connectivity index (χ2v) is 5.85. The molecule has 0 aromatic rings. The third-order valence-corrected chi connectivity index (χ3v) is 2.95. The maximum absolute atomic E-state index is 10.6. The van der Waals surface area contributed by atoms with Crippen LogP contribution in [0.4, 0.5) is 0 Å². The molecular formula is C7H13ClN2O2S. The van der Waals surface area contributed by atoms with Crippen molar-refractivity contribution in [2.45, 2.75) is 19.3 Å². The summed E-state index contributed by atoms with van der Waals surface area (Å²) in [4.78, 5) is 4.22. The van der Waals surface area contributed by atoms with Crippen LogP contribution < -0.4 is 5.32 Å². The van der Waals surface area contributed by atoms with E-state index in [1.54, 1.807) is 0 Å². The molecule has 0 saturated heterocycles. The van der Waals surface area contributed by atoms with E-state index in [1.165, 1.54) is 0 Å². The number of hydrogen-bond donors (Lipinski definition) is 1. The maximum atomic E-state index is 10.6. The van der Waals surface area contributed by atoms with E-state index in [-0.39, 0.29) is 5.75 Å². The zero-order chi connectivity index (χ0) is 9.73. The number of nitrogens with one attached hydrogen (secondary N) is 1. The van der Waals surface area contributed by atoms with Crippen LogP contribution in [-0.4, -0.2) is 33.1 Å². The van der Waals surface area contributed by atoms with Gasteiger partial charge in [-0.2, -0.15) is 0 Å². The predicted octanol–water partition coefficient (Wildman–Crippen LogP) is 0.727. The molecule has 1 N–H and O–H groups in total. The summed E-state index contributed by atoms with van der Waals surface area (Å²) >= 11 is 0. The Morgan fingerprint density at radius 2 is 2.23 bits per heavy atom. The Bertz CT molecular complexity index is 287. The zero-order valence-corrected chi connectivity index (χ0v) is 8.86. The third-order valence-electron chi connectivity index (χ3n) is 1.80. The Balaban J connectivity index is 2.22. The largest absolute Gasteiger partial charge is 0.373 e. The minimum Gasteiger partial charge on any atom is -0.373 e. The first kappa shape index (κ1) is 10.8. The van der Waals surface area contributed by atoms with E-state index in [0.717, 1.165) is 31.6 Å². The molecule has 0 atom stereocenters. The van der Waals surface area contributed by atoms with Gasteiger partial charge in [-0.25, -0.2) is 8.42 Å².